The molecule has 1 saturated heterocycles. The van der Waals surface area contributed by atoms with E-state index in [-0.39, 0.29) is 23.8 Å². The van der Waals surface area contributed by atoms with Crippen LogP contribution in [0, 0.1) is 11.8 Å². The number of aromatic nitrogens is 1. The van der Waals surface area contributed by atoms with Crippen molar-refractivity contribution in [2.45, 2.75) is 12.0 Å². The Bertz CT molecular complexity index is 936. The number of ether oxygens (including phenoxy) is 2. The van der Waals surface area contributed by atoms with Gasteiger partial charge in [-0.05, 0) is 29.8 Å². The summed E-state index contributed by atoms with van der Waals surface area (Å²) in [7, 11) is 1.57. The monoisotopic (exact) mass is 379 g/mol. The summed E-state index contributed by atoms with van der Waals surface area (Å²) in [6.07, 6.45) is 3.47. The molecule has 0 spiro atoms. The average molecular weight is 379 g/mol. The molecule has 2 amide bonds. The highest BCUT2D eigenvalue weighted by molar-refractivity contribution is 6.02. The summed E-state index contributed by atoms with van der Waals surface area (Å²) >= 11 is 0. The molecule has 2 unspecified atom stereocenters. The van der Waals surface area contributed by atoms with Crippen LogP contribution in [-0.2, 0) is 4.74 Å². The third-order valence-electron chi connectivity index (χ3n) is 5.98. The van der Waals surface area contributed by atoms with Crippen molar-refractivity contribution < 1.29 is 19.1 Å². The van der Waals surface area contributed by atoms with Gasteiger partial charge in [0.05, 0.1) is 25.4 Å². The fraction of sp³-hybridized carbons (Fsp3) is 0.381. The van der Waals surface area contributed by atoms with Crippen LogP contribution in [0.2, 0.25) is 0 Å². The van der Waals surface area contributed by atoms with Gasteiger partial charge in [-0.3, -0.25) is 14.6 Å². The maximum atomic E-state index is 12.9. The zero-order valence-electron chi connectivity index (χ0n) is 15.5. The second kappa shape index (κ2) is 6.60. The van der Waals surface area contributed by atoms with Gasteiger partial charge in [-0.2, -0.15) is 0 Å². The molecule has 144 valence electrons. The Hall–Kier alpha value is -2.93. The van der Waals surface area contributed by atoms with Gasteiger partial charge >= 0.3 is 0 Å². The molecule has 3 aliphatic rings. The molecule has 1 aliphatic carbocycles. The van der Waals surface area contributed by atoms with Gasteiger partial charge in [0, 0.05) is 54.4 Å². The van der Waals surface area contributed by atoms with Gasteiger partial charge in [0.15, 0.2) is 0 Å². The van der Waals surface area contributed by atoms with Gasteiger partial charge < -0.3 is 20.1 Å². The van der Waals surface area contributed by atoms with Crippen molar-refractivity contribution in [1.82, 2.24) is 15.6 Å². The molecule has 0 bridgehead atoms. The lowest BCUT2D eigenvalue weighted by atomic mass is 9.91. The van der Waals surface area contributed by atoms with Crippen LogP contribution in [0.1, 0.15) is 37.8 Å². The Balaban J connectivity index is 1.50. The molecule has 28 heavy (non-hydrogen) atoms. The number of carbonyl (C=O) groups excluding carboxylic acids is 2. The summed E-state index contributed by atoms with van der Waals surface area (Å²) in [5.41, 5.74) is 2.77. The number of hydrogen-bond acceptors (Lipinski definition) is 5. The molecule has 1 saturated carbocycles. The normalized spacial score (nSPS) is 26.8. The van der Waals surface area contributed by atoms with Crippen LogP contribution in [0.5, 0.6) is 5.75 Å². The lowest BCUT2D eigenvalue weighted by Crippen LogP contribution is -2.30. The second-order valence-electron chi connectivity index (χ2n) is 7.53. The number of pyridine rings is 1. The Morgan fingerprint density at radius 2 is 1.82 bits per heavy atom. The minimum absolute atomic E-state index is 0.0390. The van der Waals surface area contributed by atoms with E-state index in [4.69, 9.17) is 9.47 Å². The molecule has 1 aromatic heterocycles. The third kappa shape index (κ3) is 2.74. The summed E-state index contributed by atoms with van der Waals surface area (Å²) in [6.45, 7) is 1.85. The number of rotatable bonds is 4. The van der Waals surface area contributed by atoms with E-state index >= 15 is 0 Å². The molecule has 7 nitrogen and oxygen atoms in total. The topological polar surface area (TPSA) is 89.6 Å². The number of carbonyl (C=O) groups is 2. The lowest BCUT2D eigenvalue weighted by Gasteiger charge is -2.13. The first kappa shape index (κ1) is 17.2. The SMILES string of the molecule is CNC(=O)c1cc(C(=O)NC2[C@H]3COC[C@@H]23)cc2c1OCC2c1ccncc1. The third-order valence-corrected chi connectivity index (χ3v) is 5.98. The van der Waals surface area contributed by atoms with Crippen LogP contribution in [0.25, 0.3) is 0 Å². The average Bonchev–Trinajstić information content (AvgIpc) is 3.10. The number of benzene rings is 1. The van der Waals surface area contributed by atoms with E-state index in [9.17, 15) is 9.59 Å². The maximum absolute atomic E-state index is 12.9. The standard InChI is InChI=1S/C21H21N3O4/c1-22-21(26)14-7-12(20(25)24-18-16-8-27-9-17(16)18)6-13-15(10-28-19(13)14)11-2-4-23-5-3-11/h2-7,15-18H,8-10H2,1H3,(H,22,26)(H,24,25)/t15?,16-,17+,18?. The van der Waals surface area contributed by atoms with Gasteiger partial charge in [0.25, 0.3) is 11.8 Å². The summed E-state index contributed by atoms with van der Waals surface area (Å²) in [4.78, 5) is 29.4. The summed E-state index contributed by atoms with van der Waals surface area (Å²) in [5.74, 6) is 0.928. The van der Waals surface area contributed by atoms with Crippen LogP contribution >= 0.6 is 0 Å². The van der Waals surface area contributed by atoms with Gasteiger partial charge in [-0.25, -0.2) is 0 Å². The van der Waals surface area contributed by atoms with Crippen LogP contribution in [0.15, 0.2) is 36.7 Å². The van der Waals surface area contributed by atoms with Crippen LogP contribution in [0.4, 0.5) is 0 Å². The quantitative estimate of drug-likeness (QED) is 0.837. The van der Waals surface area contributed by atoms with Crippen LogP contribution in [0.3, 0.4) is 0 Å². The van der Waals surface area contributed by atoms with Gasteiger partial charge in [-0.1, -0.05) is 0 Å². The van der Waals surface area contributed by atoms with Gasteiger partial charge in [0.1, 0.15) is 5.75 Å². The molecule has 4 atom stereocenters. The first-order valence-corrected chi connectivity index (χ1v) is 9.48. The van der Waals surface area contributed by atoms with E-state index in [0.29, 0.717) is 48.5 Å². The predicted molar refractivity (Wildman–Crippen MR) is 100 cm³/mol. The fourth-order valence-corrected chi connectivity index (χ4v) is 4.32. The van der Waals surface area contributed by atoms with Crippen molar-refractivity contribution in [2.75, 3.05) is 26.9 Å². The largest absolute Gasteiger partial charge is 0.491 e. The fourth-order valence-electron chi connectivity index (χ4n) is 4.32. The van der Waals surface area contributed by atoms with Gasteiger partial charge in [-0.15, -0.1) is 0 Å². The molecular formula is C21H21N3O4. The van der Waals surface area contributed by atoms with E-state index in [2.05, 4.69) is 15.6 Å². The van der Waals surface area contributed by atoms with E-state index in [0.717, 1.165) is 11.1 Å². The Kier molecular flexibility index (Phi) is 4.05. The number of amides is 2. The lowest BCUT2D eigenvalue weighted by molar-refractivity contribution is 0.0929. The summed E-state index contributed by atoms with van der Waals surface area (Å²) in [5, 5.41) is 5.74. The zero-order chi connectivity index (χ0) is 19.3. The van der Waals surface area contributed by atoms with Crippen molar-refractivity contribution in [1.29, 1.82) is 0 Å². The highest BCUT2D eigenvalue weighted by atomic mass is 16.5. The van der Waals surface area contributed by atoms with Crippen molar-refractivity contribution in [3.05, 3.63) is 58.9 Å². The molecule has 5 rings (SSSR count). The molecule has 1 aromatic carbocycles. The van der Waals surface area contributed by atoms with Crippen LogP contribution < -0.4 is 15.4 Å². The number of hydrogen-bond donors (Lipinski definition) is 2. The molecule has 7 heteroatoms. The van der Waals surface area contributed by atoms with E-state index in [1.54, 1.807) is 25.5 Å². The molecule has 2 N–H and O–H groups in total. The molecule has 2 fully saturated rings. The van der Waals surface area contributed by atoms with Crippen molar-refractivity contribution in [2.24, 2.45) is 11.8 Å². The molecule has 2 aromatic rings. The predicted octanol–water partition coefficient (Wildman–Crippen LogP) is 1.34. The Morgan fingerprint density at radius 3 is 2.54 bits per heavy atom. The minimum Gasteiger partial charge on any atom is -0.491 e. The summed E-state index contributed by atoms with van der Waals surface area (Å²) in [6, 6.07) is 7.51. The molecule has 2 aliphatic heterocycles. The molecular weight excluding hydrogens is 358 g/mol. The zero-order valence-corrected chi connectivity index (χ0v) is 15.5. The van der Waals surface area contributed by atoms with Crippen molar-refractivity contribution >= 4 is 11.8 Å². The van der Waals surface area contributed by atoms with E-state index in [1.165, 1.54) is 0 Å². The van der Waals surface area contributed by atoms with E-state index in [1.807, 2.05) is 18.2 Å². The first-order valence-electron chi connectivity index (χ1n) is 9.48. The first-order chi connectivity index (χ1) is 13.7. The van der Waals surface area contributed by atoms with Crippen molar-refractivity contribution in [3.63, 3.8) is 0 Å². The number of nitrogens with one attached hydrogen (secondary N) is 2. The highest BCUT2D eigenvalue weighted by Crippen LogP contribution is 2.45. The second-order valence-corrected chi connectivity index (χ2v) is 7.53. The molecule has 0 radical (unpaired) electrons. The summed E-state index contributed by atoms with van der Waals surface area (Å²) < 4.78 is 11.3. The van der Waals surface area contributed by atoms with E-state index < -0.39 is 0 Å². The van der Waals surface area contributed by atoms with Crippen LogP contribution in [-0.4, -0.2) is 49.7 Å². The number of nitrogens with zero attached hydrogens (tertiary/aromatic N) is 1. The maximum Gasteiger partial charge on any atom is 0.254 e. The Morgan fingerprint density at radius 1 is 1.07 bits per heavy atom. The Labute approximate surface area is 162 Å². The van der Waals surface area contributed by atoms with Gasteiger partial charge in [0.2, 0.25) is 0 Å². The smallest absolute Gasteiger partial charge is 0.254 e. The molecule has 3 heterocycles. The van der Waals surface area contributed by atoms with Crippen molar-refractivity contribution in [3.8, 4) is 5.75 Å². The minimum atomic E-state index is -0.266. The highest BCUT2D eigenvalue weighted by Gasteiger charge is 2.54. The number of fused-ring (bicyclic) bond motifs is 2.